The summed E-state index contributed by atoms with van der Waals surface area (Å²) >= 11 is 8.95. The number of aryl methyl sites for hydroxylation is 2. The zero-order valence-electron chi connectivity index (χ0n) is 13.4. The van der Waals surface area contributed by atoms with E-state index in [0.717, 1.165) is 33.2 Å². The van der Waals surface area contributed by atoms with E-state index in [1.165, 1.54) is 0 Å². The molecule has 7 heteroatoms. The number of halogens is 1. The van der Waals surface area contributed by atoms with Crippen molar-refractivity contribution in [1.29, 1.82) is 0 Å². The number of nitrogens with zero attached hydrogens (tertiary/aromatic N) is 1. The van der Waals surface area contributed by atoms with Crippen molar-refractivity contribution >= 4 is 44.9 Å². The van der Waals surface area contributed by atoms with Crippen molar-refractivity contribution in [3.8, 4) is 5.75 Å². The topological polar surface area (TPSA) is 55.0 Å². The second-order valence-electron chi connectivity index (χ2n) is 5.34. The monoisotopic (exact) mass is 380 g/mol. The van der Waals surface area contributed by atoms with Crippen LogP contribution < -0.4 is 10.3 Å². The van der Waals surface area contributed by atoms with Gasteiger partial charge in [0.25, 0.3) is 5.56 Å². The zero-order valence-corrected chi connectivity index (χ0v) is 15.8. The number of rotatable bonds is 6. The standard InChI is InChI=1S/C17H17ClN2O2S2/c1-10-11(2)24-16-14(10)15(21)19-17(20-16)23-9-3-8-22-13-6-4-12(18)5-7-13/h4-7H,3,8-9H2,1-2H3,(H,19,20,21). The summed E-state index contributed by atoms with van der Waals surface area (Å²) in [6, 6.07) is 7.31. The molecule has 2 heterocycles. The van der Waals surface area contributed by atoms with Crippen LogP contribution in [-0.4, -0.2) is 22.3 Å². The van der Waals surface area contributed by atoms with Crippen LogP contribution in [0.1, 0.15) is 16.9 Å². The molecular weight excluding hydrogens is 364 g/mol. The Morgan fingerprint density at radius 3 is 2.79 bits per heavy atom. The predicted octanol–water partition coefficient (Wildman–Crippen LogP) is 4.82. The summed E-state index contributed by atoms with van der Waals surface area (Å²) < 4.78 is 5.65. The molecule has 0 aliphatic rings. The van der Waals surface area contributed by atoms with E-state index in [0.29, 0.717) is 22.2 Å². The van der Waals surface area contributed by atoms with E-state index < -0.39 is 0 Å². The maximum Gasteiger partial charge on any atom is 0.260 e. The number of hydrogen-bond donors (Lipinski definition) is 1. The Hall–Kier alpha value is -1.50. The molecule has 0 unspecified atom stereocenters. The predicted molar refractivity (Wildman–Crippen MR) is 102 cm³/mol. The van der Waals surface area contributed by atoms with Crippen LogP contribution in [0, 0.1) is 13.8 Å². The highest BCUT2D eigenvalue weighted by Crippen LogP contribution is 2.27. The first kappa shape index (κ1) is 17.3. The third-order valence-corrected chi connectivity index (χ3v) is 5.94. The summed E-state index contributed by atoms with van der Waals surface area (Å²) in [5.41, 5.74) is 0.971. The first-order valence-electron chi connectivity index (χ1n) is 7.56. The van der Waals surface area contributed by atoms with Gasteiger partial charge in [0.05, 0.1) is 12.0 Å². The minimum absolute atomic E-state index is 0.0539. The van der Waals surface area contributed by atoms with Crippen molar-refractivity contribution < 1.29 is 4.74 Å². The number of fused-ring (bicyclic) bond motifs is 1. The van der Waals surface area contributed by atoms with Gasteiger partial charge >= 0.3 is 0 Å². The molecule has 4 nitrogen and oxygen atoms in total. The number of aromatic amines is 1. The van der Waals surface area contributed by atoms with Crippen LogP contribution >= 0.6 is 34.7 Å². The van der Waals surface area contributed by atoms with Gasteiger partial charge in [-0.05, 0) is 50.1 Å². The smallest absolute Gasteiger partial charge is 0.260 e. The maximum atomic E-state index is 12.2. The van der Waals surface area contributed by atoms with Gasteiger partial charge in [0.2, 0.25) is 0 Å². The summed E-state index contributed by atoms with van der Waals surface area (Å²) in [6.07, 6.45) is 0.859. The third kappa shape index (κ3) is 3.94. The maximum absolute atomic E-state index is 12.2. The van der Waals surface area contributed by atoms with Gasteiger partial charge in [-0.2, -0.15) is 0 Å². The molecule has 0 saturated heterocycles. The lowest BCUT2D eigenvalue weighted by atomic mass is 10.2. The number of H-pyrrole nitrogens is 1. The van der Waals surface area contributed by atoms with Crippen molar-refractivity contribution in [3.05, 3.63) is 50.1 Å². The molecule has 0 saturated carbocycles. The molecule has 0 amide bonds. The van der Waals surface area contributed by atoms with Crippen molar-refractivity contribution in [2.24, 2.45) is 0 Å². The van der Waals surface area contributed by atoms with Crippen molar-refractivity contribution in [3.63, 3.8) is 0 Å². The van der Waals surface area contributed by atoms with Crippen molar-refractivity contribution in [2.45, 2.75) is 25.4 Å². The Balaban J connectivity index is 1.54. The summed E-state index contributed by atoms with van der Waals surface area (Å²) in [7, 11) is 0. The van der Waals surface area contributed by atoms with Crippen LogP contribution in [0.5, 0.6) is 5.75 Å². The highest BCUT2D eigenvalue weighted by molar-refractivity contribution is 7.99. The number of benzene rings is 1. The first-order valence-corrected chi connectivity index (χ1v) is 9.74. The van der Waals surface area contributed by atoms with E-state index in [4.69, 9.17) is 16.3 Å². The van der Waals surface area contributed by atoms with Gasteiger partial charge in [0, 0.05) is 15.7 Å². The SMILES string of the molecule is Cc1sc2nc(SCCCOc3ccc(Cl)cc3)[nH]c(=O)c2c1C. The lowest BCUT2D eigenvalue weighted by Gasteiger charge is -2.06. The van der Waals surface area contributed by atoms with Crippen LogP contribution in [0.3, 0.4) is 0 Å². The van der Waals surface area contributed by atoms with Crippen LogP contribution in [-0.2, 0) is 0 Å². The average molecular weight is 381 g/mol. The molecule has 0 radical (unpaired) electrons. The van der Waals surface area contributed by atoms with E-state index >= 15 is 0 Å². The molecule has 0 fully saturated rings. The molecule has 0 atom stereocenters. The van der Waals surface area contributed by atoms with Crippen LogP contribution in [0.25, 0.3) is 10.2 Å². The summed E-state index contributed by atoms with van der Waals surface area (Å²) in [4.78, 5) is 21.6. The molecule has 1 N–H and O–H groups in total. The Morgan fingerprint density at radius 1 is 1.29 bits per heavy atom. The second kappa shape index (κ2) is 7.59. The Morgan fingerprint density at radius 2 is 2.04 bits per heavy atom. The average Bonchev–Trinajstić information content (AvgIpc) is 2.84. The molecule has 0 spiro atoms. The Labute approximate surface area is 153 Å². The molecule has 126 valence electrons. The van der Waals surface area contributed by atoms with Gasteiger partial charge in [-0.1, -0.05) is 23.4 Å². The minimum Gasteiger partial charge on any atom is -0.494 e. The number of ether oxygens (including phenoxy) is 1. The molecule has 2 aromatic heterocycles. The van der Waals surface area contributed by atoms with Crippen molar-refractivity contribution in [1.82, 2.24) is 9.97 Å². The molecule has 0 aliphatic carbocycles. The van der Waals surface area contributed by atoms with E-state index in [1.54, 1.807) is 35.2 Å². The van der Waals surface area contributed by atoms with E-state index in [-0.39, 0.29) is 5.56 Å². The van der Waals surface area contributed by atoms with E-state index in [2.05, 4.69) is 9.97 Å². The summed E-state index contributed by atoms with van der Waals surface area (Å²) in [5, 5.41) is 2.08. The summed E-state index contributed by atoms with van der Waals surface area (Å²) in [6.45, 7) is 4.59. The van der Waals surface area contributed by atoms with Crippen LogP contribution in [0.2, 0.25) is 5.02 Å². The van der Waals surface area contributed by atoms with Crippen LogP contribution in [0.4, 0.5) is 0 Å². The zero-order chi connectivity index (χ0) is 17.1. The van der Waals surface area contributed by atoms with Gasteiger partial charge < -0.3 is 9.72 Å². The fourth-order valence-corrected chi connectivity index (χ4v) is 4.24. The first-order chi connectivity index (χ1) is 11.5. The summed E-state index contributed by atoms with van der Waals surface area (Å²) in [5.74, 6) is 1.63. The number of thioether (sulfide) groups is 1. The fourth-order valence-electron chi connectivity index (χ4n) is 2.25. The highest BCUT2D eigenvalue weighted by Gasteiger charge is 2.11. The minimum atomic E-state index is -0.0539. The van der Waals surface area contributed by atoms with Crippen molar-refractivity contribution in [2.75, 3.05) is 12.4 Å². The number of nitrogens with one attached hydrogen (secondary N) is 1. The Bertz CT molecular complexity index is 903. The number of hydrogen-bond acceptors (Lipinski definition) is 5. The molecule has 3 rings (SSSR count). The van der Waals surface area contributed by atoms with Crippen LogP contribution in [0.15, 0.2) is 34.2 Å². The second-order valence-corrected chi connectivity index (χ2v) is 8.06. The van der Waals surface area contributed by atoms with Gasteiger partial charge in [0.1, 0.15) is 10.6 Å². The highest BCUT2D eigenvalue weighted by atomic mass is 35.5. The molecule has 0 aliphatic heterocycles. The molecule has 3 aromatic rings. The quantitative estimate of drug-likeness (QED) is 0.378. The molecule has 1 aromatic carbocycles. The molecule has 24 heavy (non-hydrogen) atoms. The van der Waals surface area contributed by atoms with E-state index in [1.807, 2.05) is 26.0 Å². The Kier molecular flexibility index (Phi) is 5.48. The number of aromatic nitrogens is 2. The fraction of sp³-hybridized carbons (Fsp3) is 0.294. The third-order valence-electron chi connectivity index (χ3n) is 3.63. The normalized spacial score (nSPS) is 11.1. The molecular formula is C17H17ClN2O2S2. The van der Waals surface area contributed by atoms with Gasteiger partial charge in [-0.15, -0.1) is 11.3 Å². The van der Waals surface area contributed by atoms with Gasteiger partial charge in [-0.25, -0.2) is 4.98 Å². The van der Waals surface area contributed by atoms with Gasteiger partial charge in [-0.3, -0.25) is 4.79 Å². The van der Waals surface area contributed by atoms with Gasteiger partial charge in [0.15, 0.2) is 5.16 Å². The largest absolute Gasteiger partial charge is 0.494 e. The lowest BCUT2D eigenvalue weighted by Crippen LogP contribution is -2.09. The number of thiophene rings is 1. The molecule has 0 bridgehead atoms. The lowest BCUT2D eigenvalue weighted by molar-refractivity contribution is 0.318. The van der Waals surface area contributed by atoms with E-state index in [9.17, 15) is 4.79 Å².